The van der Waals surface area contributed by atoms with E-state index < -0.39 is 0 Å². The van der Waals surface area contributed by atoms with Gasteiger partial charge >= 0.3 is 0 Å². The van der Waals surface area contributed by atoms with Crippen molar-refractivity contribution in [3.63, 3.8) is 0 Å². The van der Waals surface area contributed by atoms with Crippen molar-refractivity contribution in [3.05, 3.63) is 0 Å². The molecule has 0 bridgehead atoms. The Morgan fingerprint density at radius 1 is 1.41 bits per heavy atom. The van der Waals surface area contributed by atoms with Gasteiger partial charge in [0, 0.05) is 32.8 Å². The summed E-state index contributed by atoms with van der Waals surface area (Å²) in [7, 11) is 0. The maximum Gasteiger partial charge on any atom is 0.193 e. The van der Waals surface area contributed by atoms with Crippen molar-refractivity contribution in [1.29, 1.82) is 0 Å². The lowest BCUT2D eigenvalue weighted by Gasteiger charge is -2.33. The summed E-state index contributed by atoms with van der Waals surface area (Å²) in [5.74, 6) is 2.97. The number of guanidine groups is 1. The number of hydrogen-bond donors (Lipinski definition) is 2. The lowest BCUT2D eigenvalue weighted by atomic mass is 9.94. The van der Waals surface area contributed by atoms with Crippen LogP contribution in [-0.2, 0) is 0 Å². The number of halogens is 1. The maximum atomic E-state index is 9.23. The minimum Gasteiger partial charge on any atom is -0.396 e. The van der Waals surface area contributed by atoms with Crippen LogP contribution in [0.5, 0.6) is 0 Å². The van der Waals surface area contributed by atoms with Gasteiger partial charge in [-0.3, -0.25) is 4.99 Å². The number of nitrogens with one attached hydrogen (secondary N) is 1. The monoisotopic (exact) mass is 425 g/mol. The van der Waals surface area contributed by atoms with Crippen molar-refractivity contribution in [2.24, 2.45) is 22.7 Å². The molecule has 1 heterocycles. The highest BCUT2D eigenvalue weighted by Crippen LogP contribution is 2.18. The van der Waals surface area contributed by atoms with Crippen molar-refractivity contribution in [3.8, 4) is 0 Å². The molecular formula is C17H36IN3O. The molecule has 1 rings (SSSR count). The second-order valence-corrected chi connectivity index (χ2v) is 6.90. The fourth-order valence-electron chi connectivity index (χ4n) is 3.16. The molecule has 2 unspecified atom stereocenters. The van der Waals surface area contributed by atoms with E-state index in [4.69, 9.17) is 4.99 Å². The summed E-state index contributed by atoms with van der Waals surface area (Å²) in [6.07, 6.45) is 4.59. The van der Waals surface area contributed by atoms with Gasteiger partial charge in [0.15, 0.2) is 5.96 Å². The smallest absolute Gasteiger partial charge is 0.193 e. The Morgan fingerprint density at radius 3 is 2.68 bits per heavy atom. The highest BCUT2D eigenvalue weighted by atomic mass is 127. The number of aliphatic hydroxyl groups excluding tert-OH is 1. The van der Waals surface area contributed by atoms with Crippen molar-refractivity contribution < 1.29 is 5.11 Å². The van der Waals surface area contributed by atoms with Crippen molar-refractivity contribution in [2.45, 2.75) is 53.4 Å². The number of piperidine rings is 1. The van der Waals surface area contributed by atoms with Crippen LogP contribution >= 0.6 is 24.0 Å². The lowest BCUT2D eigenvalue weighted by molar-refractivity contribution is 0.243. The van der Waals surface area contributed by atoms with Crippen LogP contribution in [0.15, 0.2) is 4.99 Å². The van der Waals surface area contributed by atoms with Crippen molar-refractivity contribution in [2.75, 3.05) is 32.8 Å². The van der Waals surface area contributed by atoms with Crippen LogP contribution in [0.1, 0.15) is 53.4 Å². The minimum atomic E-state index is 0. The molecule has 1 aliphatic heterocycles. The molecule has 0 aromatic carbocycles. The Hall–Kier alpha value is -0.0400. The molecule has 0 aromatic rings. The number of hydrogen-bond acceptors (Lipinski definition) is 2. The SMILES string of the molecule is CCNC(=NCC(CCO)CC(C)C)N1CCCC(C)C1.I. The maximum absolute atomic E-state index is 9.23. The summed E-state index contributed by atoms with van der Waals surface area (Å²) in [6.45, 7) is 13.2. The summed E-state index contributed by atoms with van der Waals surface area (Å²) < 4.78 is 0. The molecule has 0 aromatic heterocycles. The molecule has 1 aliphatic rings. The first-order chi connectivity index (χ1) is 10.1. The standard InChI is InChI=1S/C17H35N3O.HI/c1-5-18-17(20-9-6-7-15(4)13-20)19-12-16(8-10-21)11-14(2)3;/h14-16,21H,5-13H2,1-4H3,(H,18,19);1H. The molecule has 4 nitrogen and oxygen atoms in total. The average molecular weight is 425 g/mol. The second kappa shape index (κ2) is 12.4. The molecule has 132 valence electrons. The topological polar surface area (TPSA) is 47.9 Å². The van der Waals surface area contributed by atoms with E-state index in [0.717, 1.165) is 50.9 Å². The van der Waals surface area contributed by atoms with Gasteiger partial charge in [0.05, 0.1) is 0 Å². The Balaban J connectivity index is 0.00000441. The van der Waals surface area contributed by atoms with Crippen LogP contribution in [0.4, 0.5) is 0 Å². The Morgan fingerprint density at radius 2 is 2.14 bits per heavy atom. The van der Waals surface area contributed by atoms with Crippen LogP contribution in [0.25, 0.3) is 0 Å². The van der Waals surface area contributed by atoms with E-state index in [1.807, 2.05) is 0 Å². The first kappa shape index (κ1) is 22.0. The third-order valence-corrected chi connectivity index (χ3v) is 4.13. The fraction of sp³-hybridized carbons (Fsp3) is 0.941. The quantitative estimate of drug-likeness (QED) is 0.374. The number of nitrogens with zero attached hydrogens (tertiary/aromatic N) is 2. The molecule has 2 N–H and O–H groups in total. The summed E-state index contributed by atoms with van der Waals surface area (Å²) in [6, 6.07) is 0. The summed E-state index contributed by atoms with van der Waals surface area (Å²) >= 11 is 0. The molecule has 0 aliphatic carbocycles. The van der Waals surface area contributed by atoms with Crippen LogP contribution < -0.4 is 5.32 Å². The van der Waals surface area contributed by atoms with Gasteiger partial charge in [0.2, 0.25) is 0 Å². The van der Waals surface area contributed by atoms with Gasteiger partial charge in [-0.05, 0) is 50.4 Å². The van der Waals surface area contributed by atoms with Gasteiger partial charge in [0.1, 0.15) is 0 Å². The summed E-state index contributed by atoms with van der Waals surface area (Å²) in [4.78, 5) is 7.27. The molecule has 0 amide bonds. The Bertz CT molecular complexity index is 310. The summed E-state index contributed by atoms with van der Waals surface area (Å²) in [5.41, 5.74) is 0. The number of aliphatic imine (C=N–C) groups is 1. The molecule has 5 heteroatoms. The van der Waals surface area contributed by atoms with Crippen LogP contribution in [-0.4, -0.2) is 48.8 Å². The largest absolute Gasteiger partial charge is 0.396 e. The predicted octanol–water partition coefficient (Wildman–Crippen LogP) is 3.35. The second-order valence-electron chi connectivity index (χ2n) is 6.90. The highest BCUT2D eigenvalue weighted by Gasteiger charge is 2.19. The fourth-order valence-corrected chi connectivity index (χ4v) is 3.16. The van der Waals surface area contributed by atoms with Crippen LogP contribution in [0.3, 0.4) is 0 Å². The highest BCUT2D eigenvalue weighted by molar-refractivity contribution is 14.0. The number of aliphatic hydroxyl groups is 1. The molecule has 1 fully saturated rings. The molecule has 0 radical (unpaired) electrons. The van der Waals surface area contributed by atoms with Gasteiger partial charge in [-0.15, -0.1) is 24.0 Å². The average Bonchev–Trinajstić information content (AvgIpc) is 2.43. The molecule has 0 saturated carbocycles. The molecule has 22 heavy (non-hydrogen) atoms. The molecular weight excluding hydrogens is 389 g/mol. The molecule has 2 atom stereocenters. The zero-order valence-corrected chi connectivity index (χ0v) is 17.2. The predicted molar refractivity (Wildman–Crippen MR) is 106 cm³/mol. The number of likely N-dealkylation sites (tertiary alicyclic amines) is 1. The van der Waals surface area contributed by atoms with Crippen molar-refractivity contribution >= 4 is 29.9 Å². The van der Waals surface area contributed by atoms with Gasteiger partial charge < -0.3 is 15.3 Å². The van der Waals surface area contributed by atoms with Gasteiger partial charge in [0.25, 0.3) is 0 Å². The van der Waals surface area contributed by atoms with Gasteiger partial charge in [-0.25, -0.2) is 0 Å². The first-order valence-electron chi connectivity index (χ1n) is 8.70. The zero-order chi connectivity index (χ0) is 15.7. The first-order valence-corrected chi connectivity index (χ1v) is 8.70. The zero-order valence-electron chi connectivity index (χ0n) is 14.8. The van der Waals surface area contributed by atoms with E-state index >= 15 is 0 Å². The van der Waals surface area contributed by atoms with E-state index in [0.29, 0.717) is 11.8 Å². The van der Waals surface area contributed by atoms with Crippen LogP contribution in [0.2, 0.25) is 0 Å². The van der Waals surface area contributed by atoms with Gasteiger partial charge in [-0.1, -0.05) is 20.8 Å². The lowest BCUT2D eigenvalue weighted by Crippen LogP contribution is -2.46. The Kier molecular flexibility index (Phi) is 12.4. The van der Waals surface area contributed by atoms with E-state index in [2.05, 4.69) is 37.9 Å². The third-order valence-electron chi connectivity index (χ3n) is 4.13. The van der Waals surface area contributed by atoms with E-state index in [9.17, 15) is 5.11 Å². The number of rotatable bonds is 7. The molecule has 1 saturated heterocycles. The van der Waals surface area contributed by atoms with Crippen molar-refractivity contribution in [1.82, 2.24) is 10.2 Å². The molecule has 0 spiro atoms. The van der Waals surface area contributed by atoms with E-state index in [1.54, 1.807) is 0 Å². The van der Waals surface area contributed by atoms with E-state index in [-0.39, 0.29) is 30.6 Å². The van der Waals surface area contributed by atoms with Crippen LogP contribution in [0, 0.1) is 17.8 Å². The Labute approximate surface area is 154 Å². The third kappa shape index (κ3) is 8.56. The minimum absolute atomic E-state index is 0. The van der Waals surface area contributed by atoms with Gasteiger partial charge in [-0.2, -0.15) is 0 Å². The summed E-state index contributed by atoms with van der Waals surface area (Å²) in [5, 5.41) is 12.7. The van der Waals surface area contributed by atoms with E-state index in [1.165, 1.54) is 12.8 Å². The normalized spacial score (nSPS) is 20.7.